The van der Waals surface area contributed by atoms with Crippen LogP contribution in [0.15, 0.2) is 49.2 Å². The molecule has 0 atom stereocenters. The Balaban J connectivity index is 2.22. The largest absolute Gasteiger partial charge is 0.397 e. The highest BCUT2D eigenvalue weighted by molar-refractivity contribution is 5.54. The summed E-state index contributed by atoms with van der Waals surface area (Å²) in [6.45, 7) is 0. The number of nitrogens with two attached hydrogens (primary N) is 1. The Hall–Kier alpha value is -2.63. The van der Waals surface area contributed by atoms with E-state index in [4.69, 9.17) is 5.73 Å². The number of rotatable bonds is 2. The minimum atomic E-state index is 0.589. The molecule has 3 rings (SSSR count). The molecule has 0 fully saturated rings. The van der Waals surface area contributed by atoms with Gasteiger partial charge in [-0.25, -0.2) is 14.3 Å². The summed E-state index contributed by atoms with van der Waals surface area (Å²) in [5.74, 6) is 0.688. The fourth-order valence-corrected chi connectivity index (χ4v) is 1.61. The predicted molar refractivity (Wildman–Crippen MR) is 62.9 cm³/mol. The van der Waals surface area contributed by atoms with E-state index in [2.05, 4.69) is 15.2 Å². The lowest BCUT2D eigenvalue weighted by Crippen LogP contribution is -2.07. The first kappa shape index (κ1) is 9.59. The molecular formula is C11H10N6. The van der Waals surface area contributed by atoms with Crippen molar-refractivity contribution in [2.24, 2.45) is 0 Å². The summed E-state index contributed by atoms with van der Waals surface area (Å²) < 4.78 is 3.39. The van der Waals surface area contributed by atoms with Gasteiger partial charge in [-0.05, 0) is 18.2 Å². The van der Waals surface area contributed by atoms with Crippen LogP contribution < -0.4 is 5.73 Å². The lowest BCUT2D eigenvalue weighted by Gasteiger charge is -2.09. The third-order valence-electron chi connectivity index (χ3n) is 2.34. The highest BCUT2D eigenvalue weighted by Gasteiger charge is 2.09. The summed E-state index contributed by atoms with van der Waals surface area (Å²) in [6, 6.07) is 5.50. The molecule has 0 aromatic carbocycles. The van der Waals surface area contributed by atoms with Gasteiger partial charge in [-0.3, -0.25) is 0 Å². The number of hydrogen-bond donors (Lipinski definition) is 1. The van der Waals surface area contributed by atoms with Crippen molar-refractivity contribution in [2.45, 2.75) is 0 Å². The average Bonchev–Trinajstić information content (AvgIpc) is 3.02. The van der Waals surface area contributed by atoms with Crippen molar-refractivity contribution in [3.63, 3.8) is 0 Å². The Morgan fingerprint density at radius 2 is 1.71 bits per heavy atom. The molecule has 17 heavy (non-hydrogen) atoms. The highest BCUT2D eigenvalue weighted by atomic mass is 15.3. The molecule has 6 nitrogen and oxygen atoms in total. The third-order valence-corrected chi connectivity index (χ3v) is 2.34. The van der Waals surface area contributed by atoms with Crippen LogP contribution in [0.25, 0.3) is 11.5 Å². The Morgan fingerprint density at radius 1 is 1.00 bits per heavy atom. The van der Waals surface area contributed by atoms with Gasteiger partial charge in [-0.2, -0.15) is 10.2 Å². The summed E-state index contributed by atoms with van der Waals surface area (Å²) in [7, 11) is 0. The zero-order valence-electron chi connectivity index (χ0n) is 8.93. The van der Waals surface area contributed by atoms with Crippen LogP contribution in [0, 0.1) is 0 Å². The van der Waals surface area contributed by atoms with Gasteiger partial charge < -0.3 is 5.73 Å². The SMILES string of the molecule is Nc1cnc(-n2cccn2)c(-n2cccn2)c1. The van der Waals surface area contributed by atoms with Crippen LogP contribution in [0.4, 0.5) is 5.69 Å². The fraction of sp³-hybridized carbons (Fsp3) is 0. The van der Waals surface area contributed by atoms with E-state index < -0.39 is 0 Å². The van der Waals surface area contributed by atoms with Gasteiger partial charge in [0.15, 0.2) is 5.82 Å². The Labute approximate surface area is 97.3 Å². The number of anilines is 1. The van der Waals surface area contributed by atoms with Gasteiger partial charge in [-0.1, -0.05) is 0 Å². The number of aromatic nitrogens is 5. The molecule has 0 spiro atoms. The van der Waals surface area contributed by atoms with Crippen LogP contribution in [0.3, 0.4) is 0 Å². The van der Waals surface area contributed by atoms with E-state index in [0.717, 1.165) is 5.69 Å². The molecule has 0 amide bonds. The van der Waals surface area contributed by atoms with E-state index in [0.29, 0.717) is 11.5 Å². The summed E-state index contributed by atoms with van der Waals surface area (Å²) in [5.41, 5.74) is 7.13. The number of nitrogen functional groups attached to an aromatic ring is 1. The van der Waals surface area contributed by atoms with E-state index in [1.807, 2.05) is 30.6 Å². The van der Waals surface area contributed by atoms with Crippen molar-refractivity contribution < 1.29 is 0 Å². The molecule has 3 heterocycles. The molecule has 3 aromatic rings. The molecule has 0 unspecified atom stereocenters. The first-order chi connectivity index (χ1) is 8.34. The van der Waals surface area contributed by atoms with E-state index in [1.165, 1.54) is 0 Å². The molecule has 0 aliphatic heterocycles. The topological polar surface area (TPSA) is 74.5 Å². The normalized spacial score (nSPS) is 10.6. The molecule has 6 heteroatoms. The quantitative estimate of drug-likeness (QED) is 0.708. The Morgan fingerprint density at radius 3 is 2.35 bits per heavy atom. The van der Waals surface area contributed by atoms with Crippen LogP contribution in [0.1, 0.15) is 0 Å². The van der Waals surface area contributed by atoms with Gasteiger partial charge in [0.2, 0.25) is 0 Å². The molecule has 0 saturated heterocycles. The fourth-order valence-electron chi connectivity index (χ4n) is 1.61. The van der Waals surface area contributed by atoms with Crippen molar-refractivity contribution in [3.05, 3.63) is 49.2 Å². The van der Waals surface area contributed by atoms with Crippen molar-refractivity contribution >= 4 is 5.69 Å². The summed E-state index contributed by atoms with van der Waals surface area (Å²) >= 11 is 0. The van der Waals surface area contributed by atoms with Crippen LogP contribution >= 0.6 is 0 Å². The maximum Gasteiger partial charge on any atom is 0.179 e. The summed E-state index contributed by atoms with van der Waals surface area (Å²) in [6.07, 6.45) is 8.67. The highest BCUT2D eigenvalue weighted by Crippen LogP contribution is 2.17. The lowest BCUT2D eigenvalue weighted by molar-refractivity contribution is 0.801. The van der Waals surface area contributed by atoms with Gasteiger partial charge in [-0.15, -0.1) is 0 Å². The molecule has 0 aliphatic rings. The zero-order chi connectivity index (χ0) is 11.7. The second-order valence-electron chi connectivity index (χ2n) is 3.51. The first-order valence-corrected chi connectivity index (χ1v) is 5.10. The van der Waals surface area contributed by atoms with Gasteiger partial charge in [0.05, 0.1) is 11.9 Å². The monoisotopic (exact) mass is 226 g/mol. The van der Waals surface area contributed by atoms with Gasteiger partial charge in [0, 0.05) is 24.8 Å². The van der Waals surface area contributed by atoms with E-state index in [9.17, 15) is 0 Å². The standard InChI is InChI=1S/C11H10N6/c12-9-7-10(16-5-1-3-14-16)11(13-8-9)17-6-2-4-15-17/h1-8H,12H2. The van der Waals surface area contributed by atoms with Gasteiger partial charge in [0.25, 0.3) is 0 Å². The zero-order valence-corrected chi connectivity index (χ0v) is 8.93. The van der Waals surface area contributed by atoms with Gasteiger partial charge in [0.1, 0.15) is 5.69 Å². The molecule has 84 valence electrons. The summed E-state index contributed by atoms with van der Waals surface area (Å²) in [4.78, 5) is 4.29. The Bertz CT molecular complexity index is 611. The van der Waals surface area contributed by atoms with E-state index in [1.54, 1.807) is 28.0 Å². The van der Waals surface area contributed by atoms with Crippen molar-refractivity contribution in [1.82, 2.24) is 24.5 Å². The Kier molecular flexibility index (Phi) is 2.11. The summed E-state index contributed by atoms with van der Waals surface area (Å²) in [5, 5.41) is 8.34. The van der Waals surface area contributed by atoms with Crippen LogP contribution in [0.5, 0.6) is 0 Å². The molecule has 0 aliphatic carbocycles. The van der Waals surface area contributed by atoms with E-state index in [-0.39, 0.29) is 0 Å². The number of hydrogen-bond acceptors (Lipinski definition) is 4. The molecule has 3 aromatic heterocycles. The molecule has 0 saturated carbocycles. The molecule has 0 bridgehead atoms. The first-order valence-electron chi connectivity index (χ1n) is 5.10. The van der Waals surface area contributed by atoms with Gasteiger partial charge >= 0.3 is 0 Å². The predicted octanol–water partition coefficient (Wildman–Crippen LogP) is 1.04. The molecular weight excluding hydrogens is 216 g/mol. The second kappa shape index (κ2) is 3.75. The van der Waals surface area contributed by atoms with Crippen LogP contribution in [-0.2, 0) is 0 Å². The van der Waals surface area contributed by atoms with Crippen LogP contribution in [-0.4, -0.2) is 24.5 Å². The van der Waals surface area contributed by atoms with Crippen molar-refractivity contribution in [1.29, 1.82) is 0 Å². The smallest absolute Gasteiger partial charge is 0.179 e. The average molecular weight is 226 g/mol. The van der Waals surface area contributed by atoms with Crippen molar-refractivity contribution in [2.75, 3.05) is 5.73 Å². The van der Waals surface area contributed by atoms with E-state index >= 15 is 0 Å². The maximum absolute atomic E-state index is 5.75. The van der Waals surface area contributed by atoms with Crippen molar-refractivity contribution in [3.8, 4) is 11.5 Å². The number of pyridine rings is 1. The maximum atomic E-state index is 5.75. The molecule has 0 radical (unpaired) electrons. The molecule has 2 N–H and O–H groups in total. The lowest BCUT2D eigenvalue weighted by atomic mass is 10.3. The van der Waals surface area contributed by atoms with Crippen LogP contribution in [0.2, 0.25) is 0 Å². The minimum Gasteiger partial charge on any atom is -0.397 e. The minimum absolute atomic E-state index is 0.589. The second-order valence-corrected chi connectivity index (χ2v) is 3.51. The number of nitrogens with zero attached hydrogens (tertiary/aromatic N) is 5. The third kappa shape index (κ3) is 1.65.